The van der Waals surface area contributed by atoms with Gasteiger partial charge in [0.25, 0.3) is 0 Å². The summed E-state index contributed by atoms with van der Waals surface area (Å²) in [6.45, 7) is 3.68. The Morgan fingerprint density at radius 3 is 3.06 bits per heavy atom. The van der Waals surface area contributed by atoms with Gasteiger partial charge in [0.2, 0.25) is 0 Å². The lowest BCUT2D eigenvalue weighted by Gasteiger charge is -2.05. The highest BCUT2D eigenvalue weighted by atomic mass is 35.5. The summed E-state index contributed by atoms with van der Waals surface area (Å²) in [5.74, 6) is -0.405. The van der Waals surface area contributed by atoms with Crippen molar-refractivity contribution >= 4 is 17.6 Å². The van der Waals surface area contributed by atoms with Gasteiger partial charge < -0.3 is 4.74 Å². The van der Waals surface area contributed by atoms with Gasteiger partial charge in [-0.2, -0.15) is 0 Å². The van der Waals surface area contributed by atoms with E-state index in [1.165, 1.54) is 0 Å². The van der Waals surface area contributed by atoms with Crippen molar-refractivity contribution in [3.8, 4) is 0 Å². The standard InChI is InChI=1S/C11H13ClN2O2/c1-3-16-11(15)8-4-7-5-14(2)6-9(7)13-10(8)12/h4H,3,5-6H2,1-2H3. The summed E-state index contributed by atoms with van der Waals surface area (Å²) in [5, 5.41) is 0.229. The summed E-state index contributed by atoms with van der Waals surface area (Å²) in [5.41, 5.74) is 2.35. The molecule has 2 rings (SSSR count). The van der Waals surface area contributed by atoms with Gasteiger partial charge in [-0.25, -0.2) is 9.78 Å². The molecule has 1 aliphatic rings. The maximum atomic E-state index is 11.6. The second kappa shape index (κ2) is 4.39. The third-order valence-electron chi connectivity index (χ3n) is 2.50. The van der Waals surface area contributed by atoms with Crippen LogP contribution in [0.5, 0.6) is 0 Å². The molecule has 0 radical (unpaired) electrons. The van der Waals surface area contributed by atoms with Crippen LogP contribution in [0.25, 0.3) is 0 Å². The van der Waals surface area contributed by atoms with Gasteiger partial charge >= 0.3 is 5.97 Å². The molecule has 0 spiro atoms. The third kappa shape index (κ3) is 2.03. The molecule has 0 aliphatic carbocycles. The molecule has 0 N–H and O–H groups in total. The zero-order valence-electron chi connectivity index (χ0n) is 9.29. The van der Waals surface area contributed by atoms with Crippen LogP contribution in [0.15, 0.2) is 6.07 Å². The van der Waals surface area contributed by atoms with Crippen LogP contribution in [0.1, 0.15) is 28.5 Å². The Labute approximate surface area is 99.2 Å². The maximum Gasteiger partial charge on any atom is 0.341 e. The minimum atomic E-state index is -0.405. The molecule has 5 heteroatoms. The third-order valence-corrected chi connectivity index (χ3v) is 2.79. The minimum absolute atomic E-state index is 0.229. The summed E-state index contributed by atoms with van der Waals surface area (Å²) in [6, 6.07) is 1.78. The van der Waals surface area contributed by atoms with Crippen molar-refractivity contribution in [2.24, 2.45) is 0 Å². The summed E-state index contributed by atoms with van der Waals surface area (Å²) in [7, 11) is 2.00. The molecule has 0 atom stereocenters. The number of pyridine rings is 1. The van der Waals surface area contributed by atoms with E-state index in [-0.39, 0.29) is 5.15 Å². The average Bonchev–Trinajstić information content (AvgIpc) is 2.56. The summed E-state index contributed by atoms with van der Waals surface area (Å²) >= 11 is 5.96. The van der Waals surface area contributed by atoms with Gasteiger partial charge in [0, 0.05) is 13.1 Å². The molecule has 16 heavy (non-hydrogen) atoms. The van der Waals surface area contributed by atoms with Crippen LogP contribution in [0, 0.1) is 0 Å². The Morgan fingerprint density at radius 2 is 2.38 bits per heavy atom. The Kier molecular flexibility index (Phi) is 3.12. The first-order chi connectivity index (χ1) is 7.61. The maximum absolute atomic E-state index is 11.6. The fraction of sp³-hybridized carbons (Fsp3) is 0.455. The van der Waals surface area contributed by atoms with Gasteiger partial charge in [0.1, 0.15) is 5.15 Å². The molecule has 1 aromatic rings. The van der Waals surface area contributed by atoms with Crippen molar-refractivity contribution in [3.63, 3.8) is 0 Å². The van der Waals surface area contributed by atoms with E-state index < -0.39 is 5.97 Å². The summed E-state index contributed by atoms with van der Waals surface area (Å²) in [6.07, 6.45) is 0. The molecule has 1 aliphatic heterocycles. The second-order valence-electron chi connectivity index (χ2n) is 3.83. The zero-order chi connectivity index (χ0) is 11.7. The van der Waals surface area contributed by atoms with Crippen molar-refractivity contribution < 1.29 is 9.53 Å². The predicted molar refractivity (Wildman–Crippen MR) is 60.4 cm³/mol. The van der Waals surface area contributed by atoms with Crippen LogP contribution in [0.2, 0.25) is 5.15 Å². The number of carbonyl (C=O) groups excluding carboxylic acids is 1. The molecule has 0 fully saturated rings. The van der Waals surface area contributed by atoms with Crippen LogP contribution >= 0.6 is 11.6 Å². The lowest BCUT2D eigenvalue weighted by molar-refractivity contribution is 0.0526. The number of esters is 1. The first-order valence-electron chi connectivity index (χ1n) is 5.15. The highest BCUT2D eigenvalue weighted by molar-refractivity contribution is 6.32. The van der Waals surface area contributed by atoms with E-state index >= 15 is 0 Å². The monoisotopic (exact) mass is 240 g/mol. The smallest absolute Gasteiger partial charge is 0.341 e. The Bertz CT molecular complexity index is 434. The van der Waals surface area contributed by atoms with Crippen molar-refractivity contribution in [1.29, 1.82) is 0 Å². The molecule has 86 valence electrons. The highest BCUT2D eigenvalue weighted by Crippen LogP contribution is 2.25. The molecule has 0 saturated carbocycles. The summed E-state index contributed by atoms with van der Waals surface area (Å²) in [4.78, 5) is 17.9. The number of aromatic nitrogens is 1. The van der Waals surface area contributed by atoms with Gasteiger partial charge in [-0.1, -0.05) is 11.6 Å². The van der Waals surface area contributed by atoms with Gasteiger partial charge in [-0.15, -0.1) is 0 Å². The zero-order valence-corrected chi connectivity index (χ0v) is 10.0. The van der Waals surface area contributed by atoms with E-state index in [1.807, 2.05) is 7.05 Å². The Hall–Kier alpha value is -1.13. The van der Waals surface area contributed by atoms with Crippen LogP contribution < -0.4 is 0 Å². The van der Waals surface area contributed by atoms with E-state index in [1.54, 1.807) is 13.0 Å². The number of hydrogen-bond donors (Lipinski definition) is 0. The van der Waals surface area contributed by atoms with Crippen molar-refractivity contribution in [1.82, 2.24) is 9.88 Å². The molecule has 0 saturated heterocycles. The Morgan fingerprint density at radius 1 is 1.62 bits per heavy atom. The van der Waals surface area contributed by atoms with Gasteiger partial charge in [0.15, 0.2) is 0 Å². The lowest BCUT2D eigenvalue weighted by Crippen LogP contribution is -2.07. The number of nitrogens with zero attached hydrogens (tertiary/aromatic N) is 2. The highest BCUT2D eigenvalue weighted by Gasteiger charge is 2.22. The molecular formula is C11H13ClN2O2. The van der Waals surface area contributed by atoms with Crippen LogP contribution in [0.3, 0.4) is 0 Å². The number of hydrogen-bond acceptors (Lipinski definition) is 4. The van der Waals surface area contributed by atoms with Gasteiger partial charge in [-0.05, 0) is 25.6 Å². The minimum Gasteiger partial charge on any atom is -0.462 e. The van der Waals surface area contributed by atoms with E-state index in [0.29, 0.717) is 12.2 Å². The van der Waals surface area contributed by atoms with Crippen LogP contribution in [0.4, 0.5) is 0 Å². The number of rotatable bonds is 2. The second-order valence-corrected chi connectivity index (χ2v) is 4.18. The molecular weight excluding hydrogens is 228 g/mol. The topological polar surface area (TPSA) is 42.4 Å². The quantitative estimate of drug-likeness (QED) is 0.585. The number of carbonyl (C=O) groups is 1. The normalized spacial score (nSPS) is 14.9. The molecule has 0 unspecified atom stereocenters. The first kappa shape index (κ1) is 11.4. The lowest BCUT2D eigenvalue weighted by atomic mass is 10.1. The van der Waals surface area contributed by atoms with Crippen molar-refractivity contribution in [3.05, 3.63) is 28.0 Å². The van der Waals surface area contributed by atoms with E-state index in [9.17, 15) is 4.79 Å². The van der Waals surface area contributed by atoms with Crippen LogP contribution in [-0.4, -0.2) is 29.5 Å². The van der Waals surface area contributed by atoms with E-state index in [2.05, 4.69) is 9.88 Å². The van der Waals surface area contributed by atoms with E-state index in [4.69, 9.17) is 16.3 Å². The van der Waals surface area contributed by atoms with Crippen molar-refractivity contribution in [2.75, 3.05) is 13.7 Å². The molecule has 0 aromatic carbocycles. The largest absolute Gasteiger partial charge is 0.462 e. The van der Waals surface area contributed by atoms with Crippen LogP contribution in [-0.2, 0) is 17.8 Å². The molecule has 0 bridgehead atoms. The molecule has 0 amide bonds. The fourth-order valence-corrected chi connectivity index (χ4v) is 2.03. The Balaban J connectivity index is 2.35. The number of fused-ring (bicyclic) bond motifs is 1. The van der Waals surface area contributed by atoms with Crippen molar-refractivity contribution in [2.45, 2.75) is 20.0 Å². The number of halogens is 1. The summed E-state index contributed by atoms with van der Waals surface area (Å²) < 4.78 is 4.92. The average molecular weight is 241 g/mol. The van der Waals surface area contributed by atoms with E-state index in [0.717, 1.165) is 24.3 Å². The molecule has 4 nitrogen and oxygen atoms in total. The molecule has 2 heterocycles. The van der Waals surface area contributed by atoms with Gasteiger partial charge in [0.05, 0.1) is 17.9 Å². The fourth-order valence-electron chi connectivity index (χ4n) is 1.80. The predicted octanol–water partition coefficient (Wildman–Crippen LogP) is 1.86. The van der Waals surface area contributed by atoms with Gasteiger partial charge in [-0.3, -0.25) is 4.90 Å². The SMILES string of the molecule is CCOC(=O)c1cc2c(nc1Cl)CN(C)C2. The number of ether oxygens (including phenoxy) is 1. The first-order valence-corrected chi connectivity index (χ1v) is 5.53. The molecule has 1 aromatic heterocycles.